The standard InChI is InChI=1S/C19H20FNO4/c1-12-8-9-15(11-16(12)20)21-19(23)13(2)25-18(22)10-14-6-4-5-7-17(14)24-3/h4-9,11,13H,10H2,1-3H3,(H,21,23)/t13-/m1/s1. The summed E-state index contributed by atoms with van der Waals surface area (Å²) < 4.78 is 23.8. The number of carbonyl (C=O) groups excluding carboxylic acids is 2. The number of hydrogen-bond acceptors (Lipinski definition) is 4. The first-order valence-corrected chi connectivity index (χ1v) is 7.79. The number of aryl methyl sites for hydroxylation is 1. The molecule has 1 atom stereocenters. The van der Waals surface area contributed by atoms with E-state index >= 15 is 0 Å². The van der Waals surface area contributed by atoms with Crippen LogP contribution in [0.25, 0.3) is 0 Å². The van der Waals surface area contributed by atoms with E-state index in [2.05, 4.69) is 5.32 Å². The van der Waals surface area contributed by atoms with Gasteiger partial charge in [-0.05, 0) is 37.6 Å². The molecule has 0 heterocycles. The van der Waals surface area contributed by atoms with Crippen molar-refractivity contribution in [1.29, 1.82) is 0 Å². The minimum Gasteiger partial charge on any atom is -0.496 e. The molecule has 0 aliphatic carbocycles. The Morgan fingerprint density at radius 2 is 1.92 bits per heavy atom. The second-order valence-corrected chi connectivity index (χ2v) is 5.57. The average molecular weight is 345 g/mol. The first-order valence-electron chi connectivity index (χ1n) is 7.79. The Labute approximate surface area is 145 Å². The molecule has 6 heteroatoms. The molecule has 0 radical (unpaired) electrons. The van der Waals surface area contributed by atoms with Crippen molar-refractivity contribution in [2.75, 3.05) is 12.4 Å². The number of para-hydroxylation sites is 1. The third-order valence-electron chi connectivity index (χ3n) is 3.64. The van der Waals surface area contributed by atoms with Crippen LogP contribution in [-0.2, 0) is 20.7 Å². The summed E-state index contributed by atoms with van der Waals surface area (Å²) in [5.74, 6) is -0.927. The molecule has 132 valence electrons. The first kappa shape index (κ1) is 18.4. The second-order valence-electron chi connectivity index (χ2n) is 5.57. The minimum atomic E-state index is -1.01. The smallest absolute Gasteiger partial charge is 0.311 e. The number of rotatable bonds is 6. The van der Waals surface area contributed by atoms with Crippen LogP contribution < -0.4 is 10.1 Å². The normalized spacial score (nSPS) is 11.5. The molecule has 1 amide bonds. The predicted octanol–water partition coefficient (Wildman–Crippen LogP) is 3.26. The maximum absolute atomic E-state index is 13.5. The molecule has 2 aromatic rings. The zero-order valence-corrected chi connectivity index (χ0v) is 14.3. The number of hydrogen-bond donors (Lipinski definition) is 1. The maximum Gasteiger partial charge on any atom is 0.311 e. The van der Waals surface area contributed by atoms with E-state index in [1.54, 1.807) is 43.3 Å². The topological polar surface area (TPSA) is 64.6 Å². The van der Waals surface area contributed by atoms with Gasteiger partial charge in [-0.3, -0.25) is 9.59 Å². The number of carbonyl (C=O) groups is 2. The molecule has 0 unspecified atom stereocenters. The summed E-state index contributed by atoms with van der Waals surface area (Å²) >= 11 is 0. The molecule has 1 N–H and O–H groups in total. The van der Waals surface area contributed by atoms with Gasteiger partial charge >= 0.3 is 5.97 Å². The van der Waals surface area contributed by atoms with Crippen molar-refractivity contribution in [3.63, 3.8) is 0 Å². The molecule has 0 aromatic heterocycles. The van der Waals surface area contributed by atoms with Crippen LogP contribution in [0, 0.1) is 12.7 Å². The molecule has 2 aromatic carbocycles. The van der Waals surface area contributed by atoms with Crippen molar-refractivity contribution in [1.82, 2.24) is 0 Å². The fraction of sp³-hybridized carbons (Fsp3) is 0.263. The van der Waals surface area contributed by atoms with Crippen LogP contribution in [0.3, 0.4) is 0 Å². The highest BCUT2D eigenvalue weighted by Crippen LogP contribution is 2.18. The molecule has 2 rings (SSSR count). The van der Waals surface area contributed by atoms with Gasteiger partial charge in [-0.15, -0.1) is 0 Å². The number of methoxy groups -OCH3 is 1. The van der Waals surface area contributed by atoms with Gasteiger partial charge in [0.2, 0.25) is 0 Å². The van der Waals surface area contributed by atoms with Crippen molar-refractivity contribution >= 4 is 17.6 Å². The summed E-state index contributed by atoms with van der Waals surface area (Å²) in [7, 11) is 1.51. The molecule has 0 aliphatic rings. The van der Waals surface area contributed by atoms with Crippen molar-refractivity contribution in [2.45, 2.75) is 26.4 Å². The number of esters is 1. The summed E-state index contributed by atoms with van der Waals surface area (Å²) in [5.41, 5.74) is 1.46. The van der Waals surface area contributed by atoms with Gasteiger partial charge < -0.3 is 14.8 Å². The second kappa shape index (κ2) is 8.28. The van der Waals surface area contributed by atoms with Gasteiger partial charge in [0, 0.05) is 11.3 Å². The Bertz CT molecular complexity index is 776. The average Bonchev–Trinajstić information content (AvgIpc) is 2.58. The highest BCUT2D eigenvalue weighted by Gasteiger charge is 2.19. The Hall–Kier alpha value is -2.89. The molecule has 25 heavy (non-hydrogen) atoms. The van der Waals surface area contributed by atoms with Crippen LogP contribution in [0.5, 0.6) is 5.75 Å². The van der Waals surface area contributed by atoms with Crippen LogP contribution in [0.2, 0.25) is 0 Å². The molecular formula is C19H20FNO4. The van der Waals surface area contributed by atoms with E-state index in [0.29, 0.717) is 22.6 Å². The van der Waals surface area contributed by atoms with E-state index in [1.165, 1.54) is 20.1 Å². The van der Waals surface area contributed by atoms with Gasteiger partial charge in [0.25, 0.3) is 5.91 Å². The summed E-state index contributed by atoms with van der Waals surface area (Å²) in [4.78, 5) is 24.1. The van der Waals surface area contributed by atoms with Crippen LogP contribution in [0.1, 0.15) is 18.1 Å². The van der Waals surface area contributed by atoms with E-state index in [-0.39, 0.29) is 6.42 Å². The van der Waals surface area contributed by atoms with E-state index in [4.69, 9.17) is 9.47 Å². The van der Waals surface area contributed by atoms with Crippen molar-refractivity contribution in [3.8, 4) is 5.75 Å². The van der Waals surface area contributed by atoms with Gasteiger partial charge in [-0.25, -0.2) is 4.39 Å². The predicted molar refractivity (Wildman–Crippen MR) is 92.0 cm³/mol. The number of amides is 1. The number of benzene rings is 2. The lowest BCUT2D eigenvalue weighted by molar-refractivity contribution is -0.152. The number of anilines is 1. The fourth-order valence-electron chi connectivity index (χ4n) is 2.21. The number of nitrogens with one attached hydrogen (secondary N) is 1. The van der Waals surface area contributed by atoms with Crippen molar-refractivity contribution in [3.05, 3.63) is 59.4 Å². The highest BCUT2D eigenvalue weighted by molar-refractivity contribution is 5.95. The number of halogens is 1. The first-order chi connectivity index (χ1) is 11.9. The maximum atomic E-state index is 13.5. The van der Waals surface area contributed by atoms with Gasteiger partial charge in [0.05, 0.1) is 13.5 Å². The highest BCUT2D eigenvalue weighted by atomic mass is 19.1. The van der Waals surface area contributed by atoms with Gasteiger partial charge in [-0.2, -0.15) is 0 Å². The Morgan fingerprint density at radius 3 is 2.60 bits per heavy atom. The lowest BCUT2D eigenvalue weighted by Crippen LogP contribution is -2.30. The summed E-state index contributed by atoms with van der Waals surface area (Å²) in [6, 6.07) is 11.4. The third-order valence-corrected chi connectivity index (χ3v) is 3.64. The van der Waals surface area contributed by atoms with Gasteiger partial charge in [0.15, 0.2) is 6.10 Å². The molecule has 5 nitrogen and oxygen atoms in total. The van der Waals surface area contributed by atoms with E-state index in [0.717, 1.165) is 0 Å². The third kappa shape index (κ3) is 5.04. The Kier molecular flexibility index (Phi) is 6.11. The molecule has 0 bridgehead atoms. The van der Waals surface area contributed by atoms with E-state index in [9.17, 15) is 14.0 Å². The van der Waals surface area contributed by atoms with Crippen LogP contribution in [0.4, 0.5) is 10.1 Å². The molecule has 0 saturated carbocycles. The Balaban J connectivity index is 1.93. The van der Waals surface area contributed by atoms with Crippen LogP contribution in [0.15, 0.2) is 42.5 Å². The van der Waals surface area contributed by atoms with E-state index < -0.39 is 23.8 Å². The summed E-state index contributed by atoms with van der Waals surface area (Å²) in [5, 5.41) is 2.52. The number of ether oxygens (including phenoxy) is 2. The lowest BCUT2D eigenvalue weighted by Gasteiger charge is -2.14. The molecule has 0 spiro atoms. The fourth-order valence-corrected chi connectivity index (χ4v) is 2.21. The Morgan fingerprint density at radius 1 is 1.20 bits per heavy atom. The molecule has 0 fully saturated rings. The van der Waals surface area contributed by atoms with Gasteiger partial charge in [0.1, 0.15) is 11.6 Å². The van der Waals surface area contributed by atoms with Crippen LogP contribution in [-0.4, -0.2) is 25.1 Å². The molecular weight excluding hydrogens is 325 g/mol. The van der Waals surface area contributed by atoms with Crippen LogP contribution >= 0.6 is 0 Å². The monoisotopic (exact) mass is 345 g/mol. The van der Waals surface area contributed by atoms with Crippen molar-refractivity contribution in [2.24, 2.45) is 0 Å². The van der Waals surface area contributed by atoms with Crippen molar-refractivity contribution < 1.29 is 23.5 Å². The summed E-state index contributed by atoms with van der Waals surface area (Å²) in [6.45, 7) is 3.09. The minimum absolute atomic E-state index is 0.0131. The van der Waals surface area contributed by atoms with Gasteiger partial charge in [-0.1, -0.05) is 24.3 Å². The van der Waals surface area contributed by atoms with E-state index in [1.807, 2.05) is 0 Å². The SMILES string of the molecule is COc1ccccc1CC(=O)O[C@H](C)C(=O)Nc1ccc(C)c(F)c1. The summed E-state index contributed by atoms with van der Waals surface area (Å²) in [6.07, 6.45) is -1.02. The zero-order chi connectivity index (χ0) is 18.4. The lowest BCUT2D eigenvalue weighted by atomic mass is 10.1. The molecule has 0 saturated heterocycles. The molecule has 0 aliphatic heterocycles. The quantitative estimate of drug-likeness (QED) is 0.816. The largest absolute Gasteiger partial charge is 0.496 e. The zero-order valence-electron chi connectivity index (χ0n) is 14.3.